The lowest BCUT2D eigenvalue weighted by atomic mass is 10.2. The van der Waals surface area contributed by atoms with E-state index in [0.29, 0.717) is 5.56 Å². The highest BCUT2D eigenvalue weighted by molar-refractivity contribution is 5.97. The molecule has 3 N–H and O–H groups in total. The van der Waals surface area contributed by atoms with Crippen LogP contribution in [0.5, 0.6) is 0 Å². The summed E-state index contributed by atoms with van der Waals surface area (Å²) < 4.78 is 5.11. The summed E-state index contributed by atoms with van der Waals surface area (Å²) in [5.74, 6) is -0.960. The first-order valence-electron chi connectivity index (χ1n) is 5.53. The van der Waals surface area contributed by atoms with Crippen LogP contribution in [0.15, 0.2) is 34.7 Å². The van der Waals surface area contributed by atoms with Gasteiger partial charge >= 0.3 is 0 Å². The Bertz CT molecular complexity index is 594. The standard InChI is InChI=1S/C12H12N4O3/c1-7-15-16-12(19-7)9(10(13)17)14-11(18)8-5-3-2-4-6-8/h2-6,9H,1H3,(H2,13,17)(H,14,18)/t9-/m0/s1. The predicted octanol–water partition coefficient (Wildman–Crippen LogP) is 0.334. The summed E-state index contributed by atoms with van der Waals surface area (Å²) in [5.41, 5.74) is 5.63. The second kappa shape index (κ2) is 5.30. The van der Waals surface area contributed by atoms with Gasteiger partial charge < -0.3 is 15.5 Å². The Labute approximate surface area is 108 Å². The van der Waals surface area contributed by atoms with Gasteiger partial charge in [-0.15, -0.1) is 10.2 Å². The van der Waals surface area contributed by atoms with E-state index >= 15 is 0 Å². The summed E-state index contributed by atoms with van der Waals surface area (Å²) in [6, 6.07) is 7.30. The van der Waals surface area contributed by atoms with E-state index in [1.54, 1.807) is 37.3 Å². The van der Waals surface area contributed by atoms with Crippen molar-refractivity contribution < 1.29 is 14.0 Å². The zero-order chi connectivity index (χ0) is 13.8. The molecule has 1 heterocycles. The molecule has 2 aromatic rings. The predicted molar refractivity (Wildman–Crippen MR) is 64.9 cm³/mol. The lowest BCUT2D eigenvalue weighted by Gasteiger charge is -2.11. The van der Waals surface area contributed by atoms with Gasteiger partial charge in [0.25, 0.3) is 5.91 Å². The summed E-state index contributed by atoms with van der Waals surface area (Å²) in [4.78, 5) is 23.3. The van der Waals surface area contributed by atoms with Gasteiger partial charge in [0.05, 0.1) is 0 Å². The lowest BCUT2D eigenvalue weighted by molar-refractivity contribution is -0.120. The number of primary amides is 1. The smallest absolute Gasteiger partial charge is 0.252 e. The first-order valence-corrected chi connectivity index (χ1v) is 5.53. The third-order valence-corrected chi connectivity index (χ3v) is 2.38. The number of nitrogens with one attached hydrogen (secondary N) is 1. The first kappa shape index (κ1) is 12.7. The van der Waals surface area contributed by atoms with Crippen LogP contribution in [0.1, 0.15) is 28.2 Å². The second-order valence-corrected chi connectivity index (χ2v) is 3.83. The van der Waals surface area contributed by atoms with Crippen molar-refractivity contribution in [2.24, 2.45) is 5.73 Å². The normalized spacial score (nSPS) is 11.8. The molecule has 0 aliphatic rings. The number of aryl methyl sites for hydroxylation is 1. The highest BCUT2D eigenvalue weighted by Gasteiger charge is 2.26. The minimum absolute atomic E-state index is 0.0331. The van der Waals surface area contributed by atoms with Crippen LogP contribution in [0.25, 0.3) is 0 Å². The zero-order valence-corrected chi connectivity index (χ0v) is 10.2. The first-order chi connectivity index (χ1) is 9.08. The van der Waals surface area contributed by atoms with Crippen LogP contribution in [-0.4, -0.2) is 22.0 Å². The topological polar surface area (TPSA) is 111 Å². The minimum atomic E-state index is -1.14. The van der Waals surface area contributed by atoms with Crippen LogP contribution in [0.3, 0.4) is 0 Å². The third-order valence-electron chi connectivity index (χ3n) is 2.38. The Hall–Kier alpha value is -2.70. The molecule has 0 saturated heterocycles. The molecule has 0 fully saturated rings. The van der Waals surface area contributed by atoms with E-state index in [9.17, 15) is 9.59 Å². The van der Waals surface area contributed by atoms with Crippen LogP contribution in [0.4, 0.5) is 0 Å². The summed E-state index contributed by atoms with van der Waals surface area (Å²) in [5, 5.41) is 9.73. The molecule has 2 amide bonds. The van der Waals surface area contributed by atoms with E-state index in [4.69, 9.17) is 10.2 Å². The molecule has 7 nitrogen and oxygen atoms in total. The molecule has 1 atom stereocenters. The van der Waals surface area contributed by atoms with Crippen molar-refractivity contribution in [3.63, 3.8) is 0 Å². The molecular weight excluding hydrogens is 248 g/mol. The van der Waals surface area contributed by atoms with Gasteiger partial charge in [-0.2, -0.15) is 0 Å². The third kappa shape index (κ3) is 2.95. The van der Waals surface area contributed by atoms with Gasteiger partial charge in [0.15, 0.2) is 6.04 Å². The van der Waals surface area contributed by atoms with Crippen LogP contribution >= 0.6 is 0 Å². The van der Waals surface area contributed by atoms with Crippen LogP contribution in [0, 0.1) is 6.92 Å². The zero-order valence-electron chi connectivity index (χ0n) is 10.2. The number of nitrogens with zero attached hydrogens (tertiary/aromatic N) is 2. The average Bonchev–Trinajstić information content (AvgIpc) is 2.82. The minimum Gasteiger partial charge on any atom is -0.423 e. The maximum Gasteiger partial charge on any atom is 0.252 e. The molecule has 0 aliphatic heterocycles. The fourth-order valence-electron chi connectivity index (χ4n) is 1.49. The summed E-state index contributed by atoms with van der Waals surface area (Å²) >= 11 is 0. The maximum absolute atomic E-state index is 11.9. The molecular formula is C12H12N4O3. The molecule has 1 aromatic carbocycles. The van der Waals surface area contributed by atoms with Gasteiger partial charge in [0.1, 0.15) is 0 Å². The van der Waals surface area contributed by atoms with E-state index in [1.165, 1.54) is 0 Å². The molecule has 98 valence electrons. The molecule has 0 saturated carbocycles. The van der Waals surface area contributed by atoms with Gasteiger partial charge in [-0.1, -0.05) is 18.2 Å². The lowest BCUT2D eigenvalue weighted by Crippen LogP contribution is -2.37. The van der Waals surface area contributed by atoms with Gasteiger partial charge in [-0.3, -0.25) is 9.59 Å². The number of hydrogen-bond acceptors (Lipinski definition) is 5. The molecule has 1 aromatic heterocycles. The van der Waals surface area contributed by atoms with Gasteiger partial charge in [0, 0.05) is 12.5 Å². The Morgan fingerprint density at radius 2 is 1.95 bits per heavy atom. The molecule has 0 bridgehead atoms. The van der Waals surface area contributed by atoms with Crippen molar-refractivity contribution in [3.05, 3.63) is 47.7 Å². The van der Waals surface area contributed by atoms with Crippen LogP contribution < -0.4 is 11.1 Å². The van der Waals surface area contributed by atoms with Gasteiger partial charge in [-0.25, -0.2) is 0 Å². The van der Waals surface area contributed by atoms with E-state index < -0.39 is 17.9 Å². The fraction of sp³-hybridized carbons (Fsp3) is 0.167. The summed E-state index contributed by atoms with van der Waals surface area (Å²) in [6.07, 6.45) is 0. The van der Waals surface area contributed by atoms with Crippen molar-refractivity contribution in [2.75, 3.05) is 0 Å². The Balaban J connectivity index is 2.18. The maximum atomic E-state index is 11.9. The number of carbonyl (C=O) groups excluding carboxylic acids is 2. The quantitative estimate of drug-likeness (QED) is 0.823. The van der Waals surface area contributed by atoms with Crippen molar-refractivity contribution in [1.29, 1.82) is 0 Å². The molecule has 2 rings (SSSR count). The van der Waals surface area contributed by atoms with Crippen LogP contribution in [0.2, 0.25) is 0 Å². The molecule has 7 heteroatoms. The van der Waals surface area contributed by atoms with Crippen molar-refractivity contribution in [2.45, 2.75) is 13.0 Å². The highest BCUT2D eigenvalue weighted by Crippen LogP contribution is 2.12. The Morgan fingerprint density at radius 3 is 2.47 bits per heavy atom. The van der Waals surface area contributed by atoms with E-state index in [0.717, 1.165) is 0 Å². The number of amides is 2. The summed E-state index contributed by atoms with van der Waals surface area (Å²) in [7, 11) is 0. The highest BCUT2D eigenvalue weighted by atomic mass is 16.4. The SMILES string of the molecule is Cc1nnc([C@@H](NC(=O)c2ccccc2)C(N)=O)o1. The average molecular weight is 260 g/mol. The molecule has 0 aliphatic carbocycles. The molecule has 0 unspecified atom stereocenters. The largest absolute Gasteiger partial charge is 0.423 e. The Kier molecular flexibility index (Phi) is 3.56. The number of hydrogen-bond donors (Lipinski definition) is 2. The molecule has 19 heavy (non-hydrogen) atoms. The van der Waals surface area contributed by atoms with E-state index in [2.05, 4.69) is 15.5 Å². The molecule has 0 spiro atoms. The number of carbonyl (C=O) groups is 2. The van der Waals surface area contributed by atoms with Gasteiger partial charge in [0.2, 0.25) is 17.7 Å². The monoisotopic (exact) mass is 260 g/mol. The number of benzene rings is 1. The fourth-order valence-corrected chi connectivity index (χ4v) is 1.49. The van der Waals surface area contributed by atoms with E-state index in [1.807, 2.05) is 0 Å². The number of nitrogens with two attached hydrogens (primary N) is 1. The number of rotatable bonds is 4. The van der Waals surface area contributed by atoms with Crippen molar-refractivity contribution in [3.8, 4) is 0 Å². The number of aromatic nitrogens is 2. The van der Waals surface area contributed by atoms with Crippen molar-refractivity contribution >= 4 is 11.8 Å². The Morgan fingerprint density at radius 1 is 1.26 bits per heavy atom. The summed E-state index contributed by atoms with van der Waals surface area (Å²) in [6.45, 7) is 1.58. The van der Waals surface area contributed by atoms with Crippen LogP contribution in [-0.2, 0) is 4.79 Å². The van der Waals surface area contributed by atoms with E-state index in [-0.39, 0.29) is 11.8 Å². The molecule has 0 radical (unpaired) electrons. The van der Waals surface area contributed by atoms with Crippen molar-refractivity contribution in [1.82, 2.24) is 15.5 Å². The second-order valence-electron chi connectivity index (χ2n) is 3.83. The van der Waals surface area contributed by atoms with Gasteiger partial charge in [-0.05, 0) is 12.1 Å².